The molecule has 9 atom stereocenters. The molecule has 1 heterocycles. The van der Waals surface area contributed by atoms with Crippen LogP contribution in [-0.4, -0.2) is 62.9 Å². The second-order valence-electron chi connectivity index (χ2n) is 11.2. The second kappa shape index (κ2) is 7.98. The molecule has 188 valence electrons. The number of aliphatic hydroxyl groups excluding tert-OH is 1. The van der Waals surface area contributed by atoms with Crippen molar-refractivity contribution in [2.75, 3.05) is 13.2 Å². The molecule has 0 aromatic carbocycles. The summed E-state index contributed by atoms with van der Waals surface area (Å²) in [5, 5.41) is 24.0. The Morgan fingerprint density at radius 3 is 2.68 bits per heavy atom. The lowest BCUT2D eigenvalue weighted by Crippen LogP contribution is -2.70. The summed E-state index contributed by atoms with van der Waals surface area (Å²) in [6.45, 7) is 7.29. The molecule has 1 spiro atoms. The van der Waals surface area contributed by atoms with Crippen molar-refractivity contribution in [3.63, 3.8) is 0 Å². The van der Waals surface area contributed by atoms with Gasteiger partial charge in [0.15, 0.2) is 12.4 Å². The monoisotopic (exact) mass is 510 g/mol. The SMILES string of the molecule is CCOC(=O)OCC(=O)[C@@]1(O)[C@@H](C)C[C@H]2[C@@H]3CCC4=CC(=O)C[C@@H]5SS[C@@]3([C@@H](O)C[C@@]21C)[C@]45C. The summed E-state index contributed by atoms with van der Waals surface area (Å²) in [6, 6.07) is 0. The van der Waals surface area contributed by atoms with Gasteiger partial charge in [-0.05, 0) is 56.4 Å². The van der Waals surface area contributed by atoms with Crippen LogP contribution in [0.1, 0.15) is 59.8 Å². The first-order valence-electron chi connectivity index (χ1n) is 12.3. The molecule has 3 saturated carbocycles. The van der Waals surface area contributed by atoms with Crippen LogP contribution in [0, 0.1) is 28.6 Å². The number of carbonyl (C=O) groups is 3. The van der Waals surface area contributed by atoms with E-state index in [1.54, 1.807) is 28.5 Å². The van der Waals surface area contributed by atoms with Gasteiger partial charge in [-0.2, -0.15) is 0 Å². The van der Waals surface area contributed by atoms with E-state index in [2.05, 4.69) is 6.92 Å². The van der Waals surface area contributed by atoms with Gasteiger partial charge in [-0.1, -0.05) is 47.9 Å². The molecule has 0 amide bonds. The van der Waals surface area contributed by atoms with E-state index in [0.29, 0.717) is 12.8 Å². The molecule has 9 heteroatoms. The summed E-state index contributed by atoms with van der Waals surface area (Å²) in [5.74, 6) is -0.555. The summed E-state index contributed by atoms with van der Waals surface area (Å²) in [6.07, 6.45) is 3.24. The zero-order valence-electron chi connectivity index (χ0n) is 20.2. The van der Waals surface area contributed by atoms with E-state index in [1.807, 2.05) is 19.9 Å². The topological polar surface area (TPSA) is 110 Å². The number of ketones is 2. The molecule has 1 saturated heterocycles. The maximum atomic E-state index is 13.4. The van der Waals surface area contributed by atoms with Crippen LogP contribution in [-0.2, 0) is 19.1 Å². The molecule has 2 N–H and O–H groups in total. The van der Waals surface area contributed by atoms with Crippen LogP contribution in [0.25, 0.3) is 0 Å². The quantitative estimate of drug-likeness (QED) is 0.432. The van der Waals surface area contributed by atoms with Crippen LogP contribution in [0.3, 0.4) is 0 Å². The van der Waals surface area contributed by atoms with Gasteiger partial charge in [-0.15, -0.1) is 0 Å². The second-order valence-corrected chi connectivity index (χ2v) is 13.9. The molecule has 34 heavy (non-hydrogen) atoms. The van der Waals surface area contributed by atoms with Gasteiger partial charge in [0.1, 0.15) is 5.60 Å². The van der Waals surface area contributed by atoms with Gasteiger partial charge in [-0.25, -0.2) is 4.79 Å². The molecule has 0 bridgehead atoms. The lowest BCUT2D eigenvalue weighted by Gasteiger charge is -2.64. The third kappa shape index (κ3) is 2.84. The largest absolute Gasteiger partial charge is 0.508 e. The van der Waals surface area contributed by atoms with E-state index in [0.717, 1.165) is 18.4 Å². The Kier molecular flexibility index (Phi) is 5.79. The lowest BCUT2D eigenvalue weighted by atomic mass is 9.44. The van der Waals surface area contributed by atoms with E-state index < -0.39 is 40.4 Å². The van der Waals surface area contributed by atoms with Crippen LogP contribution < -0.4 is 0 Å². The molecule has 0 aromatic heterocycles. The Morgan fingerprint density at radius 1 is 1.24 bits per heavy atom. The van der Waals surface area contributed by atoms with E-state index in [9.17, 15) is 24.6 Å². The number of aliphatic hydroxyl groups is 2. The van der Waals surface area contributed by atoms with Crippen molar-refractivity contribution >= 4 is 39.3 Å². The van der Waals surface area contributed by atoms with Crippen molar-refractivity contribution < 1.29 is 34.1 Å². The first kappa shape index (κ1) is 24.7. The van der Waals surface area contributed by atoms with Gasteiger partial charge in [0.25, 0.3) is 0 Å². The molecule has 4 fully saturated rings. The molecule has 4 aliphatic carbocycles. The summed E-state index contributed by atoms with van der Waals surface area (Å²) in [5.41, 5.74) is -1.68. The maximum Gasteiger partial charge on any atom is 0.508 e. The maximum absolute atomic E-state index is 13.4. The highest BCUT2D eigenvalue weighted by atomic mass is 33.1. The Morgan fingerprint density at radius 2 is 1.97 bits per heavy atom. The van der Waals surface area contributed by atoms with E-state index >= 15 is 0 Å². The Hall–Kier alpha value is -1.03. The third-order valence-corrected chi connectivity index (χ3v) is 14.1. The molecule has 0 unspecified atom stereocenters. The lowest BCUT2D eigenvalue weighted by molar-refractivity contribution is -0.180. The fraction of sp³-hybridized carbons (Fsp3) is 0.800. The Labute approximate surface area is 208 Å². The average molecular weight is 511 g/mol. The number of Topliss-reactive ketones (excluding diaryl/α,β-unsaturated/α-hetero) is 1. The highest BCUT2D eigenvalue weighted by molar-refractivity contribution is 8.78. The van der Waals surface area contributed by atoms with Gasteiger partial charge in [-0.3, -0.25) is 9.59 Å². The number of carbonyl (C=O) groups excluding carboxylic acids is 3. The van der Waals surface area contributed by atoms with Gasteiger partial charge < -0.3 is 19.7 Å². The van der Waals surface area contributed by atoms with Crippen LogP contribution in [0.2, 0.25) is 0 Å². The normalized spacial score (nSPS) is 48.9. The predicted octanol–water partition coefficient (Wildman–Crippen LogP) is 3.70. The summed E-state index contributed by atoms with van der Waals surface area (Å²) in [4.78, 5) is 37.5. The van der Waals surface area contributed by atoms with Crippen molar-refractivity contribution in [3.8, 4) is 0 Å². The Balaban J connectivity index is 1.51. The standard InChI is InChI=1S/C25H34O7S2/c1-5-31-21(29)32-12-19(28)24(30)13(2)8-17-16-7-6-14-9-15(26)10-20-23(14,4)25(16,34-33-20)18(27)11-22(17,24)3/h9,13,16-18,20,27,30H,5-8,10-12H2,1-4H3/t13-,16-,17-,18-,20-,22-,23+,24-,25-/m0/s1. The number of rotatable bonds is 4. The number of hydrogen-bond donors (Lipinski definition) is 2. The van der Waals surface area contributed by atoms with Crippen molar-refractivity contribution in [2.45, 2.75) is 81.5 Å². The fourth-order valence-corrected chi connectivity index (χ4v) is 13.4. The van der Waals surface area contributed by atoms with E-state index in [-0.39, 0.29) is 47.2 Å². The first-order chi connectivity index (χ1) is 16.0. The smallest absolute Gasteiger partial charge is 0.435 e. The first-order valence-corrected chi connectivity index (χ1v) is 14.5. The molecule has 5 rings (SSSR count). The minimum absolute atomic E-state index is 0.0327. The Bertz CT molecular complexity index is 967. The molecular weight excluding hydrogens is 476 g/mol. The highest BCUT2D eigenvalue weighted by Crippen LogP contribution is 2.79. The molecular formula is C25H34O7S2. The number of ether oxygens (including phenoxy) is 2. The minimum atomic E-state index is -1.71. The zero-order valence-corrected chi connectivity index (χ0v) is 21.8. The predicted molar refractivity (Wildman–Crippen MR) is 129 cm³/mol. The van der Waals surface area contributed by atoms with Crippen LogP contribution >= 0.6 is 21.6 Å². The van der Waals surface area contributed by atoms with Crippen molar-refractivity contribution in [1.29, 1.82) is 0 Å². The molecule has 0 radical (unpaired) electrons. The van der Waals surface area contributed by atoms with Crippen molar-refractivity contribution in [3.05, 3.63) is 11.6 Å². The number of allylic oxidation sites excluding steroid dienone is 1. The summed E-state index contributed by atoms with van der Waals surface area (Å²) >= 11 is 0. The summed E-state index contributed by atoms with van der Waals surface area (Å²) in [7, 11) is 3.48. The van der Waals surface area contributed by atoms with Gasteiger partial charge >= 0.3 is 6.16 Å². The van der Waals surface area contributed by atoms with E-state index in [4.69, 9.17) is 9.47 Å². The number of fused-ring (bicyclic) bond motifs is 2. The summed E-state index contributed by atoms with van der Waals surface area (Å²) < 4.78 is 9.31. The molecule has 7 nitrogen and oxygen atoms in total. The van der Waals surface area contributed by atoms with Crippen molar-refractivity contribution in [2.24, 2.45) is 28.6 Å². The van der Waals surface area contributed by atoms with Gasteiger partial charge in [0.2, 0.25) is 5.78 Å². The van der Waals surface area contributed by atoms with Crippen LogP contribution in [0.5, 0.6) is 0 Å². The van der Waals surface area contributed by atoms with Gasteiger partial charge in [0.05, 0.1) is 17.5 Å². The van der Waals surface area contributed by atoms with E-state index in [1.165, 1.54) is 0 Å². The number of hydrogen-bond acceptors (Lipinski definition) is 9. The average Bonchev–Trinajstić information content (AvgIpc) is 3.18. The molecule has 0 aromatic rings. The van der Waals surface area contributed by atoms with Crippen LogP contribution in [0.4, 0.5) is 4.79 Å². The fourth-order valence-electron chi connectivity index (χ4n) is 8.42. The highest BCUT2D eigenvalue weighted by Gasteiger charge is 2.78. The molecule has 1 aliphatic heterocycles. The van der Waals surface area contributed by atoms with Crippen molar-refractivity contribution in [1.82, 2.24) is 0 Å². The van der Waals surface area contributed by atoms with Crippen LogP contribution in [0.15, 0.2) is 11.6 Å². The minimum Gasteiger partial charge on any atom is -0.435 e. The van der Waals surface area contributed by atoms with Gasteiger partial charge in [0, 0.05) is 22.5 Å². The zero-order chi connectivity index (χ0) is 24.7. The molecule has 5 aliphatic rings. The third-order valence-electron chi connectivity index (χ3n) is 10.0.